The number of unbranched alkanes of at least 4 members (excludes halogenated alkanes) is 4. The highest BCUT2D eigenvalue weighted by Gasteiger charge is 2.11. The van der Waals surface area contributed by atoms with Crippen LogP contribution in [0.1, 0.15) is 51.0 Å². The summed E-state index contributed by atoms with van der Waals surface area (Å²) >= 11 is 5.98. The van der Waals surface area contributed by atoms with Crippen molar-refractivity contribution in [3.05, 3.63) is 34.6 Å². The van der Waals surface area contributed by atoms with Crippen molar-refractivity contribution in [3.8, 4) is 0 Å². The molecule has 0 aromatic heterocycles. The molecule has 0 saturated carbocycles. The van der Waals surface area contributed by atoms with Crippen LogP contribution in [0.4, 0.5) is 4.39 Å². The molecule has 0 radical (unpaired) electrons. The van der Waals surface area contributed by atoms with Gasteiger partial charge in [0, 0.05) is 16.6 Å². The minimum absolute atomic E-state index is 0.000950. The van der Waals surface area contributed by atoms with Gasteiger partial charge >= 0.3 is 0 Å². The number of hydrogen-bond donors (Lipinski definition) is 1. The molecule has 1 unspecified atom stereocenters. The molecular formula is C15H23ClFN. The number of hydrogen-bond acceptors (Lipinski definition) is 1. The molecule has 0 saturated heterocycles. The Balaban J connectivity index is 2.33. The smallest absolute Gasteiger partial charge is 0.127 e. The number of halogens is 2. The molecule has 0 aliphatic carbocycles. The van der Waals surface area contributed by atoms with E-state index >= 15 is 0 Å². The zero-order valence-corrected chi connectivity index (χ0v) is 11.8. The van der Waals surface area contributed by atoms with Crippen LogP contribution in [0.2, 0.25) is 5.02 Å². The van der Waals surface area contributed by atoms with Crippen molar-refractivity contribution < 1.29 is 4.39 Å². The van der Waals surface area contributed by atoms with Gasteiger partial charge in [-0.25, -0.2) is 4.39 Å². The second kappa shape index (κ2) is 8.49. The number of benzene rings is 1. The first kappa shape index (κ1) is 15.5. The Kier molecular flexibility index (Phi) is 7.29. The Hall–Kier alpha value is -0.600. The topological polar surface area (TPSA) is 26.0 Å². The first-order chi connectivity index (χ1) is 8.65. The summed E-state index contributed by atoms with van der Waals surface area (Å²) in [5, 5.41) is 0.483. The van der Waals surface area contributed by atoms with Gasteiger partial charge in [0.05, 0.1) is 0 Å². The van der Waals surface area contributed by atoms with Gasteiger partial charge in [-0.15, -0.1) is 0 Å². The molecule has 102 valence electrons. The zero-order valence-electron chi connectivity index (χ0n) is 11.1. The van der Waals surface area contributed by atoms with Crippen LogP contribution in [0.3, 0.4) is 0 Å². The van der Waals surface area contributed by atoms with Crippen molar-refractivity contribution in [2.45, 2.75) is 57.9 Å². The van der Waals surface area contributed by atoms with Crippen molar-refractivity contribution >= 4 is 11.6 Å². The van der Waals surface area contributed by atoms with Crippen molar-refractivity contribution in [1.82, 2.24) is 0 Å². The van der Waals surface area contributed by atoms with E-state index in [0.29, 0.717) is 17.0 Å². The molecule has 18 heavy (non-hydrogen) atoms. The predicted molar refractivity (Wildman–Crippen MR) is 76.5 cm³/mol. The summed E-state index contributed by atoms with van der Waals surface area (Å²) < 4.78 is 13.6. The summed E-state index contributed by atoms with van der Waals surface area (Å²) in [4.78, 5) is 0. The van der Waals surface area contributed by atoms with Crippen LogP contribution >= 0.6 is 11.6 Å². The van der Waals surface area contributed by atoms with Crippen LogP contribution in [-0.4, -0.2) is 6.04 Å². The second-order valence-corrected chi connectivity index (χ2v) is 5.27. The Morgan fingerprint density at radius 1 is 1.22 bits per heavy atom. The van der Waals surface area contributed by atoms with Gasteiger partial charge in [-0.2, -0.15) is 0 Å². The SMILES string of the molecule is CCCCCCCC(N)Cc1c(F)cccc1Cl. The average molecular weight is 272 g/mol. The molecule has 1 rings (SSSR count). The van der Waals surface area contributed by atoms with E-state index in [4.69, 9.17) is 17.3 Å². The van der Waals surface area contributed by atoms with Crippen LogP contribution in [0, 0.1) is 5.82 Å². The molecule has 0 spiro atoms. The quantitative estimate of drug-likeness (QED) is 0.681. The van der Waals surface area contributed by atoms with E-state index in [0.717, 1.165) is 12.8 Å². The largest absolute Gasteiger partial charge is 0.327 e. The first-order valence-corrected chi connectivity index (χ1v) is 7.21. The lowest BCUT2D eigenvalue weighted by Gasteiger charge is -2.13. The monoisotopic (exact) mass is 271 g/mol. The van der Waals surface area contributed by atoms with Gasteiger partial charge in [0.15, 0.2) is 0 Å². The predicted octanol–water partition coefficient (Wildman–Crippen LogP) is 4.71. The standard InChI is InChI=1S/C15H23ClFN/c1-2-3-4-5-6-8-12(18)11-13-14(16)9-7-10-15(13)17/h7,9-10,12H,2-6,8,11,18H2,1H3. The Morgan fingerprint density at radius 3 is 2.61 bits per heavy atom. The lowest BCUT2D eigenvalue weighted by Crippen LogP contribution is -2.23. The molecule has 1 aromatic carbocycles. The Labute approximate surface area is 115 Å². The highest BCUT2D eigenvalue weighted by atomic mass is 35.5. The van der Waals surface area contributed by atoms with Gasteiger partial charge in [-0.1, -0.05) is 56.7 Å². The molecule has 0 amide bonds. The van der Waals surface area contributed by atoms with Crippen LogP contribution < -0.4 is 5.73 Å². The molecule has 0 bridgehead atoms. The Bertz CT molecular complexity index is 334. The molecule has 0 fully saturated rings. The third kappa shape index (κ3) is 5.36. The molecular weight excluding hydrogens is 249 g/mol. The van der Waals surface area contributed by atoms with E-state index in [9.17, 15) is 4.39 Å². The highest BCUT2D eigenvalue weighted by Crippen LogP contribution is 2.21. The molecule has 1 aromatic rings. The zero-order chi connectivity index (χ0) is 13.4. The van der Waals surface area contributed by atoms with Crippen molar-refractivity contribution in [2.75, 3.05) is 0 Å². The fourth-order valence-corrected chi connectivity index (χ4v) is 2.34. The normalized spacial score (nSPS) is 12.7. The summed E-state index contributed by atoms with van der Waals surface area (Å²) in [5.74, 6) is -0.246. The molecule has 0 heterocycles. The summed E-state index contributed by atoms with van der Waals surface area (Å²) in [6.07, 6.45) is 7.60. The third-order valence-corrected chi connectivity index (χ3v) is 3.56. The van der Waals surface area contributed by atoms with Crippen LogP contribution in [-0.2, 0) is 6.42 Å². The summed E-state index contributed by atoms with van der Waals surface area (Å²) in [5.41, 5.74) is 6.59. The van der Waals surface area contributed by atoms with E-state index in [-0.39, 0.29) is 11.9 Å². The lowest BCUT2D eigenvalue weighted by molar-refractivity contribution is 0.525. The van der Waals surface area contributed by atoms with Crippen molar-refractivity contribution in [3.63, 3.8) is 0 Å². The summed E-state index contributed by atoms with van der Waals surface area (Å²) in [6.45, 7) is 2.20. The van der Waals surface area contributed by atoms with Crippen LogP contribution in [0.5, 0.6) is 0 Å². The van der Waals surface area contributed by atoms with Crippen LogP contribution in [0.15, 0.2) is 18.2 Å². The van der Waals surface area contributed by atoms with Gasteiger partial charge in [0.2, 0.25) is 0 Å². The Morgan fingerprint density at radius 2 is 1.94 bits per heavy atom. The van der Waals surface area contributed by atoms with E-state index < -0.39 is 0 Å². The van der Waals surface area contributed by atoms with Gasteiger partial charge in [-0.3, -0.25) is 0 Å². The minimum Gasteiger partial charge on any atom is -0.327 e. The summed E-state index contributed by atoms with van der Waals surface area (Å²) in [7, 11) is 0. The van der Waals surface area contributed by atoms with Crippen LogP contribution in [0.25, 0.3) is 0 Å². The lowest BCUT2D eigenvalue weighted by atomic mass is 10.00. The fourth-order valence-electron chi connectivity index (χ4n) is 2.10. The maximum atomic E-state index is 13.6. The minimum atomic E-state index is -0.246. The van der Waals surface area contributed by atoms with Gasteiger partial charge < -0.3 is 5.73 Å². The highest BCUT2D eigenvalue weighted by molar-refractivity contribution is 6.31. The van der Waals surface area contributed by atoms with Gasteiger partial charge in [-0.05, 0) is 25.0 Å². The van der Waals surface area contributed by atoms with E-state index in [1.807, 2.05) is 0 Å². The second-order valence-electron chi connectivity index (χ2n) is 4.87. The molecule has 1 nitrogen and oxygen atoms in total. The first-order valence-electron chi connectivity index (χ1n) is 6.83. The summed E-state index contributed by atoms with van der Waals surface area (Å²) in [6, 6.07) is 4.78. The van der Waals surface area contributed by atoms with Crippen molar-refractivity contribution in [1.29, 1.82) is 0 Å². The molecule has 3 heteroatoms. The van der Waals surface area contributed by atoms with Gasteiger partial charge in [0.25, 0.3) is 0 Å². The average Bonchev–Trinajstić information content (AvgIpc) is 2.34. The molecule has 0 aliphatic rings. The van der Waals surface area contributed by atoms with Gasteiger partial charge in [0.1, 0.15) is 5.82 Å². The number of nitrogens with two attached hydrogens (primary N) is 1. The number of rotatable bonds is 8. The molecule has 2 N–H and O–H groups in total. The molecule has 0 aliphatic heterocycles. The maximum absolute atomic E-state index is 13.6. The van der Waals surface area contributed by atoms with E-state index in [1.165, 1.54) is 31.7 Å². The van der Waals surface area contributed by atoms with E-state index in [1.54, 1.807) is 12.1 Å². The third-order valence-electron chi connectivity index (χ3n) is 3.21. The van der Waals surface area contributed by atoms with Crippen molar-refractivity contribution in [2.24, 2.45) is 5.73 Å². The van der Waals surface area contributed by atoms with E-state index in [2.05, 4.69) is 6.92 Å². The maximum Gasteiger partial charge on any atom is 0.127 e. The fraction of sp³-hybridized carbons (Fsp3) is 0.600. The molecule has 1 atom stereocenters.